The van der Waals surface area contributed by atoms with E-state index in [9.17, 15) is 9.59 Å². The number of aromatic nitrogens is 2. The van der Waals surface area contributed by atoms with Crippen LogP contribution in [-0.2, 0) is 10.5 Å². The maximum Gasteiger partial charge on any atom is 0.257 e. The van der Waals surface area contributed by atoms with Crippen LogP contribution in [0.5, 0.6) is 11.5 Å². The number of Topliss-reactive ketones (excluding diaryl/α,β-unsaturated/α-hetero) is 1. The lowest BCUT2D eigenvalue weighted by atomic mass is 9.76. The van der Waals surface area contributed by atoms with Crippen molar-refractivity contribution in [2.75, 3.05) is 19.5 Å². The number of hydrogen-bond acceptors (Lipinski definition) is 7. The number of aromatic amines is 1. The quantitative estimate of drug-likeness (QED) is 0.396. The minimum Gasteiger partial charge on any atom is -0.493 e. The van der Waals surface area contributed by atoms with Gasteiger partial charge >= 0.3 is 0 Å². The zero-order valence-corrected chi connectivity index (χ0v) is 19.8. The number of benzene rings is 2. The molecule has 2 aromatic carbocycles. The van der Waals surface area contributed by atoms with Gasteiger partial charge in [-0.1, -0.05) is 54.2 Å². The summed E-state index contributed by atoms with van der Waals surface area (Å²) in [6.45, 7) is 0. The fourth-order valence-electron chi connectivity index (χ4n) is 4.69. The zero-order chi connectivity index (χ0) is 23.7. The molecule has 0 saturated heterocycles. The number of para-hydroxylation sites is 1. The van der Waals surface area contributed by atoms with Crippen molar-refractivity contribution >= 4 is 23.4 Å². The van der Waals surface area contributed by atoms with Crippen LogP contribution < -0.4 is 20.3 Å². The van der Waals surface area contributed by atoms with Crippen LogP contribution in [0.25, 0.3) is 0 Å². The highest BCUT2D eigenvalue weighted by Crippen LogP contribution is 2.47. The van der Waals surface area contributed by atoms with Gasteiger partial charge in [-0.15, -0.1) is 0 Å². The molecule has 5 rings (SSSR count). The fourth-order valence-corrected chi connectivity index (χ4v) is 5.50. The Morgan fingerprint density at radius 1 is 1.03 bits per heavy atom. The fraction of sp³-hybridized carbons (Fsp3) is 0.269. The molecule has 0 radical (unpaired) electrons. The molecule has 7 nitrogen and oxygen atoms in total. The SMILES string of the molecule is COc1cccc(C2C3=C(CCCC3=O)Nc3nc(SCc4ccccc4)[nH]c(=O)c32)c1OC. The van der Waals surface area contributed by atoms with Gasteiger partial charge < -0.3 is 19.8 Å². The number of H-pyrrole nitrogens is 1. The lowest BCUT2D eigenvalue weighted by Crippen LogP contribution is -2.33. The van der Waals surface area contributed by atoms with Gasteiger partial charge in [0.2, 0.25) is 0 Å². The van der Waals surface area contributed by atoms with E-state index in [1.807, 2.05) is 42.5 Å². The molecule has 1 aromatic heterocycles. The van der Waals surface area contributed by atoms with Gasteiger partial charge in [0.25, 0.3) is 5.56 Å². The molecule has 1 aliphatic heterocycles. The molecule has 0 fully saturated rings. The van der Waals surface area contributed by atoms with Crippen LogP contribution in [0.1, 0.15) is 41.9 Å². The standard InChI is InChI=1S/C26H25N3O4S/c1-32-19-13-6-10-16(23(19)33-2)20-21-17(11-7-12-18(21)30)27-24-22(20)25(31)29-26(28-24)34-14-15-8-4-3-5-9-15/h3-6,8-10,13,20H,7,11-12,14H2,1-2H3,(H2,27,28,29,31). The van der Waals surface area contributed by atoms with E-state index in [0.717, 1.165) is 24.1 Å². The van der Waals surface area contributed by atoms with Crippen LogP contribution in [0.4, 0.5) is 5.82 Å². The van der Waals surface area contributed by atoms with Crippen LogP contribution >= 0.6 is 11.8 Å². The molecule has 2 aliphatic rings. The van der Waals surface area contributed by atoms with Crippen molar-refractivity contribution in [2.45, 2.75) is 36.1 Å². The Bertz CT molecular complexity index is 1330. The Balaban J connectivity index is 1.63. The van der Waals surface area contributed by atoms with E-state index < -0.39 is 5.92 Å². The van der Waals surface area contributed by atoms with Crippen LogP contribution in [-0.4, -0.2) is 30.0 Å². The Labute approximate surface area is 201 Å². The maximum absolute atomic E-state index is 13.5. The Hall–Kier alpha value is -3.52. The summed E-state index contributed by atoms with van der Waals surface area (Å²) in [5.41, 5.74) is 3.45. The molecule has 2 heterocycles. The number of hydrogen-bond donors (Lipinski definition) is 2. The predicted octanol–water partition coefficient (Wildman–Crippen LogP) is 4.64. The molecule has 2 N–H and O–H groups in total. The summed E-state index contributed by atoms with van der Waals surface area (Å²) < 4.78 is 11.2. The molecule has 0 saturated carbocycles. The lowest BCUT2D eigenvalue weighted by Gasteiger charge is -2.33. The van der Waals surface area contributed by atoms with Crippen LogP contribution in [0.15, 0.2) is 69.8 Å². The molecule has 0 spiro atoms. The van der Waals surface area contributed by atoms with E-state index in [2.05, 4.69) is 10.3 Å². The van der Waals surface area contributed by atoms with Gasteiger partial charge in [-0.3, -0.25) is 9.59 Å². The molecule has 3 aromatic rings. The second-order valence-corrected chi connectivity index (χ2v) is 9.18. The van der Waals surface area contributed by atoms with E-state index in [-0.39, 0.29) is 11.3 Å². The number of ketones is 1. The zero-order valence-electron chi connectivity index (χ0n) is 19.0. The molecule has 0 amide bonds. The summed E-state index contributed by atoms with van der Waals surface area (Å²) in [4.78, 5) is 34.3. The Morgan fingerprint density at radius 2 is 1.85 bits per heavy atom. The van der Waals surface area contributed by atoms with Gasteiger partial charge in [-0.25, -0.2) is 4.98 Å². The van der Waals surface area contributed by atoms with Crippen LogP contribution in [0.3, 0.4) is 0 Å². The number of carbonyl (C=O) groups is 1. The molecular weight excluding hydrogens is 450 g/mol. The van der Waals surface area contributed by atoms with Crippen molar-refractivity contribution in [1.82, 2.24) is 9.97 Å². The van der Waals surface area contributed by atoms with Crippen molar-refractivity contribution in [1.29, 1.82) is 0 Å². The van der Waals surface area contributed by atoms with Crippen molar-refractivity contribution in [3.8, 4) is 11.5 Å². The highest BCUT2D eigenvalue weighted by molar-refractivity contribution is 7.98. The largest absolute Gasteiger partial charge is 0.493 e. The number of nitrogens with zero attached hydrogens (tertiary/aromatic N) is 1. The highest BCUT2D eigenvalue weighted by Gasteiger charge is 2.39. The number of allylic oxidation sites excluding steroid dienone is 2. The van der Waals surface area contributed by atoms with Crippen molar-refractivity contribution in [3.05, 3.63) is 86.8 Å². The van der Waals surface area contributed by atoms with Gasteiger partial charge in [-0.2, -0.15) is 0 Å². The number of carbonyl (C=O) groups excluding carboxylic acids is 1. The molecule has 34 heavy (non-hydrogen) atoms. The molecule has 1 aliphatic carbocycles. The van der Waals surface area contributed by atoms with E-state index in [0.29, 0.717) is 51.3 Å². The van der Waals surface area contributed by atoms with E-state index in [1.54, 1.807) is 20.3 Å². The third kappa shape index (κ3) is 3.98. The van der Waals surface area contributed by atoms with Crippen molar-refractivity contribution < 1.29 is 14.3 Å². The monoisotopic (exact) mass is 475 g/mol. The third-order valence-corrected chi connectivity index (χ3v) is 7.14. The average molecular weight is 476 g/mol. The first-order chi connectivity index (χ1) is 16.6. The Kier molecular flexibility index (Phi) is 6.15. The highest BCUT2D eigenvalue weighted by atomic mass is 32.2. The number of ether oxygens (including phenoxy) is 2. The first-order valence-electron chi connectivity index (χ1n) is 11.2. The van der Waals surface area contributed by atoms with Gasteiger partial charge in [0.05, 0.1) is 25.7 Å². The van der Waals surface area contributed by atoms with Gasteiger partial charge in [0, 0.05) is 29.0 Å². The summed E-state index contributed by atoms with van der Waals surface area (Å²) >= 11 is 1.47. The topological polar surface area (TPSA) is 93.3 Å². The average Bonchev–Trinajstić information content (AvgIpc) is 2.86. The molecule has 1 atom stereocenters. The number of fused-ring (bicyclic) bond motifs is 1. The third-order valence-electron chi connectivity index (χ3n) is 6.20. The predicted molar refractivity (Wildman–Crippen MR) is 132 cm³/mol. The lowest BCUT2D eigenvalue weighted by molar-refractivity contribution is -0.116. The minimum atomic E-state index is -0.589. The molecule has 0 bridgehead atoms. The summed E-state index contributed by atoms with van der Waals surface area (Å²) in [5, 5.41) is 3.85. The molecule has 1 unspecified atom stereocenters. The normalized spacial score (nSPS) is 17.0. The second kappa shape index (κ2) is 9.38. The van der Waals surface area contributed by atoms with Crippen molar-refractivity contribution in [2.24, 2.45) is 0 Å². The van der Waals surface area contributed by atoms with Gasteiger partial charge in [-0.05, 0) is 24.5 Å². The van der Waals surface area contributed by atoms with Gasteiger partial charge in [0.1, 0.15) is 5.82 Å². The van der Waals surface area contributed by atoms with Crippen molar-refractivity contribution in [3.63, 3.8) is 0 Å². The molecule has 174 valence electrons. The maximum atomic E-state index is 13.5. The van der Waals surface area contributed by atoms with E-state index in [1.165, 1.54) is 11.8 Å². The summed E-state index contributed by atoms with van der Waals surface area (Å²) in [7, 11) is 3.13. The summed E-state index contributed by atoms with van der Waals surface area (Å²) in [6.07, 6.45) is 1.94. The number of anilines is 1. The van der Waals surface area contributed by atoms with Crippen LogP contribution in [0, 0.1) is 0 Å². The smallest absolute Gasteiger partial charge is 0.257 e. The van der Waals surface area contributed by atoms with E-state index in [4.69, 9.17) is 14.5 Å². The molecular formula is C26H25N3O4S. The number of methoxy groups -OCH3 is 2. The second-order valence-electron chi connectivity index (χ2n) is 8.22. The number of thioether (sulfide) groups is 1. The first-order valence-corrected chi connectivity index (χ1v) is 12.1. The number of rotatable bonds is 6. The van der Waals surface area contributed by atoms with E-state index >= 15 is 0 Å². The summed E-state index contributed by atoms with van der Waals surface area (Å²) in [5.74, 6) is 1.68. The summed E-state index contributed by atoms with van der Waals surface area (Å²) in [6, 6.07) is 15.5. The molecule has 8 heteroatoms. The minimum absolute atomic E-state index is 0.0382. The van der Waals surface area contributed by atoms with Gasteiger partial charge in [0.15, 0.2) is 22.4 Å². The van der Waals surface area contributed by atoms with Crippen LogP contribution in [0.2, 0.25) is 0 Å². The first kappa shape index (κ1) is 22.3. The Morgan fingerprint density at radius 3 is 2.62 bits per heavy atom. The number of nitrogens with one attached hydrogen (secondary N) is 2.